The highest BCUT2D eigenvalue weighted by Gasteiger charge is 2.24. The van der Waals surface area contributed by atoms with Gasteiger partial charge in [-0.1, -0.05) is 17.3 Å². The fourth-order valence-electron chi connectivity index (χ4n) is 4.30. The molecule has 6 nitrogen and oxygen atoms in total. The Morgan fingerprint density at radius 2 is 1.97 bits per heavy atom. The van der Waals surface area contributed by atoms with E-state index in [0.717, 1.165) is 42.9 Å². The van der Waals surface area contributed by atoms with Crippen LogP contribution in [0.25, 0.3) is 33.5 Å². The summed E-state index contributed by atoms with van der Waals surface area (Å²) >= 11 is 0. The maximum atomic E-state index is 14.4. The first-order chi connectivity index (χ1) is 15.0. The molecule has 8 heteroatoms. The van der Waals surface area contributed by atoms with Crippen molar-refractivity contribution < 1.29 is 18.1 Å². The fraction of sp³-hybridized carbons (Fsp3) is 0.261. The van der Waals surface area contributed by atoms with Crippen LogP contribution in [-0.4, -0.2) is 39.0 Å². The summed E-state index contributed by atoms with van der Waals surface area (Å²) < 4.78 is 33.6. The van der Waals surface area contributed by atoms with Gasteiger partial charge < -0.3 is 14.4 Å². The Labute approximate surface area is 176 Å². The molecule has 158 valence electrons. The number of amides is 1. The summed E-state index contributed by atoms with van der Waals surface area (Å²) in [7, 11) is 0. The smallest absolute Gasteiger partial charge is 0.219 e. The summed E-state index contributed by atoms with van der Waals surface area (Å²) in [4.78, 5) is 21.1. The molecule has 0 atom stereocenters. The van der Waals surface area contributed by atoms with Crippen LogP contribution in [0.5, 0.6) is 0 Å². The second kappa shape index (κ2) is 7.61. The Morgan fingerprint density at radius 3 is 2.74 bits per heavy atom. The number of carbonyl (C=O) groups is 1. The number of nitrogens with one attached hydrogen (secondary N) is 1. The van der Waals surface area contributed by atoms with Gasteiger partial charge in [0.05, 0.1) is 11.8 Å². The summed E-state index contributed by atoms with van der Waals surface area (Å²) in [5.74, 6) is -1.12. The maximum Gasteiger partial charge on any atom is 0.219 e. The lowest BCUT2D eigenvalue weighted by molar-refractivity contribution is -0.129. The van der Waals surface area contributed by atoms with E-state index in [0.29, 0.717) is 28.5 Å². The first-order valence-electron chi connectivity index (χ1n) is 10.1. The van der Waals surface area contributed by atoms with E-state index in [2.05, 4.69) is 21.2 Å². The van der Waals surface area contributed by atoms with Crippen LogP contribution in [0.15, 0.2) is 47.4 Å². The van der Waals surface area contributed by atoms with Gasteiger partial charge in [-0.25, -0.2) is 13.8 Å². The minimum Gasteiger partial charge on any atom is -0.356 e. The summed E-state index contributed by atoms with van der Waals surface area (Å²) in [6.45, 7) is 3.04. The molecule has 0 unspecified atom stereocenters. The molecular weight excluding hydrogens is 402 g/mol. The van der Waals surface area contributed by atoms with E-state index < -0.39 is 11.6 Å². The number of piperidine rings is 1. The van der Waals surface area contributed by atoms with Crippen LogP contribution < -0.4 is 0 Å². The molecule has 0 bridgehead atoms. The predicted octanol–water partition coefficient (Wildman–Crippen LogP) is 4.89. The highest BCUT2D eigenvalue weighted by molar-refractivity contribution is 5.96. The first-order valence-corrected chi connectivity index (χ1v) is 10.1. The van der Waals surface area contributed by atoms with E-state index in [9.17, 15) is 13.6 Å². The molecule has 1 N–H and O–H groups in total. The Bertz CT molecular complexity index is 1270. The molecule has 3 aromatic heterocycles. The third-order valence-electron chi connectivity index (χ3n) is 6.02. The number of aromatic nitrogens is 3. The number of H-pyrrole nitrogens is 1. The summed E-state index contributed by atoms with van der Waals surface area (Å²) in [6.07, 6.45) is 6.72. The molecule has 0 spiro atoms. The molecule has 5 rings (SSSR count). The van der Waals surface area contributed by atoms with Gasteiger partial charge in [0.25, 0.3) is 0 Å². The van der Waals surface area contributed by atoms with Gasteiger partial charge in [-0.05, 0) is 36.5 Å². The van der Waals surface area contributed by atoms with E-state index >= 15 is 0 Å². The lowest BCUT2D eigenvalue weighted by Gasteiger charge is -2.31. The van der Waals surface area contributed by atoms with Gasteiger partial charge in [-0.3, -0.25) is 4.79 Å². The molecule has 1 amide bonds. The maximum absolute atomic E-state index is 14.4. The highest BCUT2D eigenvalue weighted by Crippen LogP contribution is 2.38. The van der Waals surface area contributed by atoms with Crippen LogP contribution >= 0.6 is 0 Å². The molecule has 1 aliphatic heterocycles. The average molecular weight is 422 g/mol. The highest BCUT2D eigenvalue weighted by atomic mass is 19.2. The van der Waals surface area contributed by atoms with Gasteiger partial charge in [0.1, 0.15) is 5.65 Å². The van der Waals surface area contributed by atoms with Gasteiger partial charge in [0.15, 0.2) is 17.4 Å². The molecule has 1 aromatic carbocycles. The van der Waals surface area contributed by atoms with Crippen molar-refractivity contribution in [2.24, 2.45) is 0 Å². The number of nitrogens with zero attached hydrogens (tertiary/aromatic N) is 3. The topological polar surface area (TPSA) is 75.0 Å². The Kier molecular flexibility index (Phi) is 4.77. The number of hydrogen-bond acceptors (Lipinski definition) is 4. The van der Waals surface area contributed by atoms with Crippen molar-refractivity contribution >= 4 is 16.9 Å². The number of rotatable bonds is 3. The van der Waals surface area contributed by atoms with Gasteiger partial charge in [0.2, 0.25) is 5.91 Å². The number of pyridine rings is 1. The first kappa shape index (κ1) is 19.4. The molecule has 1 aliphatic rings. The number of likely N-dealkylation sites (tertiary alicyclic amines) is 1. The van der Waals surface area contributed by atoms with Gasteiger partial charge in [-0.15, -0.1) is 0 Å². The zero-order valence-corrected chi connectivity index (χ0v) is 16.9. The summed E-state index contributed by atoms with van der Waals surface area (Å²) in [6, 6.07) is 6.07. The fourth-order valence-corrected chi connectivity index (χ4v) is 4.30. The number of aromatic amines is 1. The van der Waals surface area contributed by atoms with Crippen molar-refractivity contribution in [2.45, 2.75) is 25.7 Å². The Hall–Kier alpha value is -3.55. The number of hydrogen-bond donors (Lipinski definition) is 1. The molecule has 31 heavy (non-hydrogen) atoms. The summed E-state index contributed by atoms with van der Waals surface area (Å²) in [5, 5.41) is 4.65. The van der Waals surface area contributed by atoms with Crippen LogP contribution in [0.3, 0.4) is 0 Å². The predicted molar refractivity (Wildman–Crippen MR) is 111 cm³/mol. The van der Waals surface area contributed by atoms with Crippen LogP contribution in [0, 0.1) is 11.6 Å². The molecule has 0 saturated carbocycles. The third kappa shape index (κ3) is 3.37. The lowest BCUT2D eigenvalue weighted by Crippen LogP contribution is -2.36. The van der Waals surface area contributed by atoms with Crippen LogP contribution in [-0.2, 0) is 4.79 Å². The molecule has 4 aromatic rings. The number of carbonyl (C=O) groups excluding carboxylic acids is 1. The van der Waals surface area contributed by atoms with E-state index in [1.165, 1.54) is 18.3 Å². The SMILES string of the molecule is CC(=O)N1CCC(c2cnc3[nH]cc(-c4oncc4-c4cccc(F)c4F)c3c2)CC1. The standard InChI is InChI=1S/C23H20F2N4O2/c1-13(30)29-7-5-14(6-8-29)15-9-17-18(11-27-23(17)26-10-15)22-19(12-28-31-22)16-3-2-4-20(24)21(16)25/h2-4,9-12,14H,5-8H2,1H3,(H,26,27). The van der Waals surface area contributed by atoms with Crippen LogP contribution in [0.4, 0.5) is 8.78 Å². The van der Waals surface area contributed by atoms with E-state index in [1.54, 1.807) is 13.1 Å². The quantitative estimate of drug-likeness (QED) is 0.510. The van der Waals surface area contributed by atoms with Crippen molar-refractivity contribution in [1.29, 1.82) is 0 Å². The molecule has 1 saturated heterocycles. The average Bonchev–Trinajstić information content (AvgIpc) is 3.42. The normalized spacial score (nSPS) is 15.0. The number of halogens is 2. The number of benzene rings is 1. The molecule has 0 radical (unpaired) electrons. The van der Waals surface area contributed by atoms with Crippen molar-refractivity contribution in [2.75, 3.05) is 13.1 Å². The van der Waals surface area contributed by atoms with Crippen molar-refractivity contribution in [3.8, 4) is 22.5 Å². The molecule has 0 aliphatic carbocycles. The van der Waals surface area contributed by atoms with Crippen LogP contribution in [0.2, 0.25) is 0 Å². The van der Waals surface area contributed by atoms with Crippen molar-refractivity contribution in [1.82, 2.24) is 20.0 Å². The molecular formula is C23H20F2N4O2. The Morgan fingerprint density at radius 1 is 1.16 bits per heavy atom. The largest absolute Gasteiger partial charge is 0.356 e. The second-order valence-electron chi connectivity index (χ2n) is 7.82. The number of fused-ring (bicyclic) bond motifs is 1. The zero-order chi connectivity index (χ0) is 21.5. The van der Waals surface area contributed by atoms with Crippen molar-refractivity contribution in [3.05, 3.63) is 60.1 Å². The Balaban J connectivity index is 1.53. The van der Waals surface area contributed by atoms with Gasteiger partial charge in [0, 0.05) is 48.9 Å². The zero-order valence-electron chi connectivity index (χ0n) is 16.9. The summed E-state index contributed by atoms with van der Waals surface area (Å²) in [5.41, 5.74) is 2.89. The monoisotopic (exact) mass is 422 g/mol. The van der Waals surface area contributed by atoms with Gasteiger partial charge in [-0.2, -0.15) is 0 Å². The van der Waals surface area contributed by atoms with E-state index in [4.69, 9.17) is 4.52 Å². The second-order valence-corrected chi connectivity index (χ2v) is 7.82. The lowest BCUT2D eigenvalue weighted by atomic mass is 9.89. The molecule has 4 heterocycles. The van der Waals surface area contributed by atoms with E-state index in [1.807, 2.05) is 11.1 Å². The van der Waals surface area contributed by atoms with Crippen LogP contribution in [0.1, 0.15) is 31.2 Å². The minimum absolute atomic E-state index is 0.0892. The molecule has 1 fully saturated rings. The van der Waals surface area contributed by atoms with Gasteiger partial charge >= 0.3 is 0 Å². The van der Waals surface area contributed by atoms with Crippen molar-refractivity contribution in [3.63, 3.8) is 0 Å². The van der Waals surface area contributed by atoms with E-state index in [-0.39, 0.29) is 11.5 Å². The third-order valence-corrected chi connectivity index (χ3v) is 6.02. The minimum atomic E-state index is -0.942.